The molecule has 23 heavy (non-hydrogen) atoms. The third kappa shape index (κ3) is 3.64. The van der Waals surface area contributed by atoms with Gasteiger partial charge in [0, 0.05) is 31.4 Å². The molecular formula is C17H19FN4O. The van der Waals surface area contributed by atoms with E-state index < -0.39 is 0 Å². The van der Waals surface area contributed by atoms with Crippen LogP contribution in [0.3, 0.4) is 0 Å². The Morgan fingerprint density at radius 1 is 1.17 bits per heavy atom. The Labute approximate surface area is 134 Å². The lowest BCUT2D eigenvalue weighted by atomic mass is 10.2. The van der Waals surface area contributed by atoms with Gasteiger partial charge in [0.25, 0.3) is 0 Å². The van der Waals surface area contributed by atoms with E-state index in [1.165, 1.54) is 12.1 Å². The molecule has 1 aliphatic heterocycles. The fourth-order valence-electron chi connectivity index (χ4n) is 2.79. The van der Waals surface area contributed by atoms with Crippen molar-refractivity contribution in [3.05, 3.63) is 53.2 Å². The molecule has 1 aromatic heterocycles. The predicted molar refractivity (Wildman–Crippen MR) is 85.5 cm³/mol. The van der Waals surface area contributed by atoms with Crippen molar-refractivity contribution in [1.82, 2.24) is 14.9 Å². The summed E-state index contributed by atoms with van der Waals surface area (Å²) < 4.78 is 13.3. The van der Waals surface area contributed by atoms with Crippen LogP contribution in [0.2, 0.25) is 0 Å². The first-order chi connectivity index (χ1) is 11.0. The fourth-order valence-corrected chi connectivity index (χ4v) is 2.79. The van der Waals surface area contributed by atoms with Crippen LogP contribution < -0.4 is 4.90 Å². The number of hydrogen-bond donors (Lipinski definition) is 0. The SMILES string of the molecule is Cc1cc(N2CCN(Cc3cccc(F)c3)C(=O)C2)nc(C)n1. The van der Waals surface area contributed by atoms with Crippen LogP contribution in [0.4, 0.5) is 10.2 Å². The number of carbonyl (C=O) groups excluding carboxylic acids is 1. The molecule has 120 valence electrons. The van der Waals surface area contributed by atoms with E-state index in [-0.39, 0.29) is 18.3 Å². The average molecular weight is 314 g/mol. The van der Waals surface area contributed by atoms with E-state index in [9.17, 15) is 9.18 Å². The van der Waals surface area contributed by atoms with Crippen LogP contribution >= 0.6 is 0 Å². The lowest BCUT2D eigenvalue weighted by molar-refractivity contribution is -0.131. The minimum Gasteiger partial charge on any atom is -0.345 e. The van der Waals surface area contributed by atoms with Gasteiger partial charge in [0.2, 0.25) is 5.91 Å². The lowest BCUT2D eigenvalue weighted by Crippen LogP contribution is -2.50. The number of nitrogens with zero attached hydrogens (tertiary/aromatic N) is 4. The Hall–Kier alpha value is -2.50. The van der Waals surface area contributed by atoms with Crippen LogP contribution in [0.25, 0.3) is 0 Å². The van der Waals surface area contributed by atoms with Gasteiger partial charge in [0.15, 0.2) is 0 Å². The molecule has 0 radical (unpaired) electrons. The van der Waals surface area contributed by atoms with Crippen molar-refractivity contribution in [3.63, 3.8) is 0 Å². The molecule has 0 aliphatic carbocycles. The zero-order valence-corrected chi connectivity index (χ0v) is 13.3. The van der Waals surface area contributed by atoms with E-state index in [1.807, 2.05) is 30.9 Å². The summed E-state index contributed by atoms with van der Waals surface area (Å²) >= 11 is 0. The number of aromatic nitrogens is 2. The minimum atomic E-state index is -0.277. The van der Waals surface area contributed by atoms with Crippen LogP contribution in [-0.2, 0) is 11.3 Å². The van der Waals surface area contributed by atoms with E-state index >= 15 is 0 Å². The van der Waals surface area contributed by atoms with E-state index in [0.717, 1.165) is 17.1 Å². The molecule has 3 rings (SSSR count). The molecule has 0 spiro atoms. The Bertz CT molecular complexity index is 714. The quantitative estimate of drug-likeness (QED) is 0.870. The normalized spacial score (nSPS) is 15.2. The summed E-state index contributed by atoms with van der Waals surface area (Å²) in [5.74, 6) is 1.23. The Balaban J connectivity index is 1.68. The lowest BCUT2D eigenvalue weighted by Gasteiger charge is -2.35. The van der Waals surface area contributed by atoms with Gasteiger partial charge < -0.3 is 9.80 Å². The number of benzene rings is 1. The molecule has 0 saturated carbocycles. The molecule has 5 nitrogen and oxygen atoms in total. The molecule has 1 aromatic carbocycles. The third-order valence-corrected chi connectivity index (χ3v) is 3.86. The van der Waals surface area contributed by atoms with Crippen molar-refractivity contribution in [1.29, 1.82) is 0 Å². The van der Waals surface area contributed by atoms with Crippen molar-refractivity contribution in [2.24, 2.45) is 0 Å². The highest BCUT2D eigenvalue weighted by Gasteiger charge is 2.25. The number of anilines is 1. The van der Waals surface area contributed by atoms with Gasteiger partial charge in [-0.3, -0.25) is 4.79 Å². The predicted octanol–water partition coefficient (Wildman–Crippen LogP) is 2.08. The summed E-state index contributed by atoms with van der Waals surface area (Å²) in [6.07, 6.45) is 0. The van der Waals surface area contributed by atoms with Gasteiger partial charge in [-0.1, -0.05) is 12.1 Å². The fraction of sp³-hybridized carbons (Fsp3) is 0.353. The van der Waals surface area contributed by atoms with Crippen LogP contribution in [0, 0.1) is 19.7 Å². The van der Waals surface area contributed by atoms with Gasteiger partial charge in [-0.25, -0.2) is 14.4 Å². The first kappa shape index (κ1) is 15.4. The molecule has 6 heteroatoms. The number of hydrogen-bond acceptors (Lipinski definition) is 4. The second-order valence-corrected chi connectivity index (χ2v) is 5.78. The van der Waals surface area contributed by atoms with Crippen LogP contribution in [-0.4, -0.2) is 40.4 Å². The highest BCUT2D eigenvalue weighted by atomic mass is 19.1. The van der Waals surface area contributed by atoms with Gasteiger partial charge in [0.05, 0.1) is 6.54 Å². The third-order valence-electron chi connectivity index (χ3n) is 3.86. The largest absolute Gasteiger partial charge is 0.345 e. The Morgan fingerprint density at radius 3 is 2.70 bits per heavy atom. The molecule has 1 amide bonds. The first-order valence-corrected chi connectivity index (χ1v) is 7.61. The Kier molecular flexibility index (Phi) is 4.23. The van der Waals surface area contributed by atoms with Gasteiger partial charge in [-0.05, 0) is 31.5 Å². The van der Waals surface area contributed by atoms with Crippen molar-refractivity contribution in [2.75, 3.05) is 24.5 Å². The van der Waals surface area contributed by atoms with E-state index in [4.69, 9.17) is 0 Å². The zero-order valence-electron chi connectivity index (χ0n) is 13.3. The minimum absolute atomic E-state index is 0.0226. The highest BCUT2D eigenvalue weighted by molar-refractivity contribution is 5.82. The molecule has 1 aliphatic rings. The van der Waals surface area contributed by atoms with E-state index in [0.29, 0.717) is 25.5 Å². The number of halogens is 1. The van der Waals surface area contributed by atoms with Crippen LogP contribution in [0.5, 0.6) is 0 Å². The van der Waals surface area contributed by atoms with Crippen molar-refractivity contribution >= 4 is 11.7 Å². The second kappa shape index (κ2) is 6.32. The molecule has 0 atom stereocenters. The molecule has 1 saturated heterocycles. The maximum atomic E-state index is 13.3. The maximum Gasteiger partial charge on any atom is 0.242 e. The summed E-state index contributed by atoms with van der Waals surface area (Å²) in [7, 11) is 0. The summed E-state index contributed by atoms with van der Waals surface area (Å²) in [5.41, 5.74) is 1.70. The summed E-state index contributed by atoms with van der Waals surface area (Å²) in [6, 6.07) is 8.26. The second-order valence-electron chi connectivity index (χ2n) is 5.78. The van der Waals surface area contributed by atoms with E-state index in [2.05, 4.69) is 9.97 Å². The topological polar surface area (TPSA) is 49.3 Å². The number of aryl methyl sites for hydroxylation is 2. The molecule has 0 N–H and O–H groups in total. The van der Waals surface area contributed by atoms with Gasteiger partial charge >= 0.3 is 0 Å². The van der Waals surface area contributed by atoms with Crippen molar-refractivity contribution < 1.29 is 9.18 Å². The average Bonchev–Trinajstić information content (AvgIpc) is 2.48. The van der Waals surface area contributed by atoms with Crippen LogP contribution in [0.15, 0.2) is 30.3 Å². The molecule has 0 unspecified atom stereocenters. The van der Waals surface area contributed by atoms with Crippen LogP contribution in [0.1, 0.15) is 17.1 Å². The number of piperazine rings is 1. The van der Waals surface area contributed by atoms with Gasteiger partial charge in [0.1, 0.15) is 17.5 Å². The molecular weight excluding hydrogens is 295 g/mol. The molecule has 0 bridgehead atoms. The molecule has 1 fully saturated rings. The summed E-state index contributed by atoms with van der Waals surface area (Å²) in [4.78, 5) is 24.8. The van der Waals surface area contributed by atoms with Crippen molar-refractivity contribution in [2.45, 2.75) is 20.4 Å². The number of amides is 1. The smallest absolute Gasteiger partial charge is 0.242 e. The monoisotopic (exact) mass is 314 g/mol. The molecule has 2 heterocycles. The summed E-state index contributed by atoms with van der Waals surface area (Å²) in [6.45, 7) is 5.78. The highest BCUT2D eigenvalue weighted by Crippen LogP contribution is 2.17. The van der Waals surface area contributed by atoms with Gasteiger partial charge in [-0.2, -0.15) is 0 Å². The van der Waals surface area contributed by atoms with Crippen molar-refractivity contribution in [3.8, 4) is 0 Å². The summed E-state index contributed by atoms with van der Waals surface area (Å²) in [5, 5.41) is 0. The van der Waals surface area contributed by atoms with E-state index in [1.54, 1.807) is 11.0 Å². The standard InChI is InChI=1S/C17H19FN4O/c1-12-8-16(20-13(2)19-12)21-6-7-22(17(23)11-21)10-14-4-3-5-15(18)9-14/h3-5,8-9H,6-7,10-11H2,1-2H3. The maximum absolute atomic E-state index is 13.3. The Morgan fingerprint density at radius 2 is 2.00 bits per heavy atom. The first-order valence-electron chi connectivity index (χ1n) is 7.61. The number of rotatable bonds is 3. The zero-order chi connectivity index (χ0) is 16.4. The number of carbonyl (C=O) groups is 1. The van der Waals surface area contributed by atoms with Gasteiger partial charge in [-0.15, -0.1) is 0 Å². The molecule has 2 aromatic rings.